The van der Waals surface area contributed by atoms with Gasteiger partial charge in [-0.1, -0.05) is 19.0 Å². The fourth-order valence-electron chi connectivity index (χ4n) is 3.61. The number of hydrogen-bond donors (Lipinski definition) is 2. The highest BCUT2D eigenvalue weighted by Gasteiger charge is 2.30. The third kappa shape index (κ3) is 5.00. The lowest BCUT2D eigenvalue weighted by atomic mass is 10.2. The Morgan fingerprint density at radius 1 is 1.36 bits per heavy atom. The largest absolute Gasteiger partial charge is 0.494 e. The Morgan fingerprint density at radius 2 is 2.09 bits per heavy atom. The van der Waals surface area contributed by atoms with E-state index in [0.29, 0.717) is 38.4 Å². The van der Waals surface area contributed by atoms with Gasteiger partial charge in [0, 0.05) is 25.7 Å². The van der Waals surface area contributed by atoms with Gasteiger partial charge in [0.15, 0.2) is 17.8 Å². The predicted octanol–water partition coefficient (Wildman–Crippen LogP) is -0.0409. The van der Waals surface area contributed by atoms with Crippen molar-refractivity contribution >= 4 is 23.7 Å². The highest BCUT2D eigenvalue weighted by atomic mass is 16.6. The van der Waals surface area contributed by atoms with Crippen molar-refractivity contribution in [2.75, 3.05) is 32.9 Å². The average Bonchev–Trinajstić information content (AvgIpc) is 3.50. The maximum absolute atomic E-state index is 13.0. The quantitative estimate of drug-likeness (QED) is 0.416. The summed E-state index contributed by atoms with van der Waals surface area (Å²) in [6, 6.07) is 0.0307. The molecule has 2 fully saturated rings. The number of oxime groups is 1. The summed E-state index contributed by atoms with van der Waals surface area (Å²) in [4.78, 5) is 44.5. The number of amides is 2. The van der Waals surface area contributed by atoms with Crippen LogP contribution in [0.25, 0.3) is 5.65 Å². The second kappa shape index (κ2) is 9.61. The van der Waals surface area contributed by atoms with E-state index in [1.807, 2.05) is 13.8 Å². The first-order valence-corrected chi connectivity index (χ1v) is 11.0. The van der Waals surface area contributed by atoms with Crippen molar-refractivity contribution in [1.29, 1.82) is 0 Å². The monoisotopic (exact) mass is 460 g/mol. The minimum atomic E-state index is -0.719. The summed E-state index contributed by atoms with van der Waals surface area (Å²) in [6.07, 6.45) is 4.43. The van der Waals surface area contributed by atoms with Gasteiger partial charge in [0.05, 0.1) is 31.2 Å². The molecule has 2 N–H and O–H groups in total. The number of morpholine rings is 1. The normalized spacial score (nSPS) is 16.6. The molecule has 178 valence electrons. The molecule has 2 amide bonds. The molecule has 3 heterocycles. The van der Waals surface area contributed by atoms with Gasteiger partial charge in [-0.05, 0) is 18.8 Å². The molecule has 1 aliphatic carbocycles. The molecule has 0 aromatic carbocycles. The summed E-state index contributed by atoms with van der Waals surface area (Å²) < 4.78 is 7.77. The van der Waals surface area contributed by atoms with E-state index in [4.69, 9.17) is 9.57 Å². The number of carbonyl (C=O) groups is 2. The number of fused-ring (bicyclic) bond motifs is 1. The Balaban J connectivity index is 1.59. The van der Waals surface area contributed by atoms with Gasteiger partial charge in [0.2, 0.25) is 5.88 Å². The molecule has 0 unspecified atom stereocenters. The molecule has 0 spiro atoms. The molecule has 1 saturated heterocycles. The van der Waals surface area contributed by atoms with Crippen LogP contribution < -0.4 is 10.9 Å². The first kappa shape index (κ1) is 22.8. The molecule has 33 heavy (non-hydrogen) atoms. The van der Waals surface area contributed by atoms with E-state index < -0.39 is 17.3 Å². The molecule has 0 radical (unpaired) electrons. The standard InChI is InChI=1S/C21H28N6O6/c1-13(2)11-26-19-14(10-23-33-12-16(28)25-5-7-32-8-6-25)9-22-27(19)21(31)17(20(26)30)18(29)24-15-3-4-15/h9-10,13,15,30H,3-8,11-12H2,1-2H3,(H,24,29)/b23-10+. The molecule has 0 bridgehead atoms. The van der Waals surface area contributed by atoms with Gasteiger partial charge in [-0.25, -0.2) is 0 Å². The van der Waals surface area contributed by atoms with Crippen molar-refractivity contribution in [3.8, 4) is 5.88 Å². The number of nitrogens with one attached hydrogen (secondary N) is 1. The zero-order valence-electron chi connectivity index (χ0n) is 18.7. The summed E-state index contributed by atoms with van der Waals surface area (Å²) in [5.74, 6) is -1.13. The van der Waals surface area contributed by atoms with E-state index in [2.05, 4.69) is 15.6 Å². The molecule has 12 heteroatoms. The second-order valence-corrected chi connectivity index (χ2v) is 8.59. The summed E-state index contributed by atoms with van der Waals surface area (Å²) in [6.45, 7) is 6.01. The highest BCUT2D eigenvalue weighted by molar-refractivity contribution is 5.97. The van der Waals surface area contributed by atoms with Crippen LogP contribution in [0.5, 0.6) is 5.88 Å². The predicted molar refractivity (Wildman–Crippen MR) is 117 cm³/mol. The van der Waals surface area contributed by atoms with E-state index in [9.17, 15) is 19.5 Å². The maximum Gasteiger partial charge on any atom is 0.291 e. The second-order valence-electron chi connectivity index (χ2n) is 8.59. The third-order valence-electron chi connectivity index (χ3n) is 5.42. The van der Waals surface area contributed by atoms with Crippen LogP contribution in [0.2, 0.25) is 0 Å². The van der Waals surface area contributed by atoms with E-state index >= 15 is 0 Å². The summed E-state index contributed by atoms with van der Waals surface area (Å²) in [7, 11) is 0. The lowest BCUT2D eigenvalue weighted by Crippen LogP contribution is -2.42. The van der Waals surface area contributed by atoms with E-state index in [1.165, 1.54) is 17.0 Å². The number of hydrogen-bond acceptors (Lipinski definition) is 8. The van der Waals surface area contributed by atoms with Crippen LogP contribution in [0, 0.1) is 5.92 Å². The van der Waals surface area contributed by atoms with Crippen LogP contribution in [-0.2, 0) is 20.9 Å². The van der Waals surface area contributed by atoms with Gasteiger partial charge in [0.1, 0.15) is 0 Å². The summed E-state index contributed by atoms with van der Waals surface area (Å²) in [5, 5.41) is 21.6. The Labute approximate surface area is 189 Å². The SMILES string of the molecule is CC(C)Cn1c(O)c(C(=O)NC2CC2)c(=O)n2ncc(/C=N/OCC(=O)N3CCOCC3)c12. The van der Waals surface area contributed by atoms with Crippen molar-refractivity contribution in [3.63, 3.8) is 0 Å². The van der Waals surface area contributed by atoms with Gasteiger partial charge >= 0.3 is 0 Å². The van der Waals surface area contributed by atoms with E-state index in [-0.39, 0.29) is 35.7 Å². The third-order valence-corrected chi connectivity index (χ3v) is 5.42. The zero-order valence-corrected chi connectivity index (χ0v) is 18.7. The molecule has 1 aliphatic heterocycles. The molecule has 2 aromatic heterocycles. The van der Waals surface area contributed by atoms with Crippen LogP contribution >= 0.6 is 0 Å². The zero-order chi connectivity index (χ0) is 23.5. The van der Waals surface area contributed by atoms with E-state index in [1.54, 1.807) is 4.90 Å². The maximum atomic E-state index is 13.0. The first-order chi connectivity index (χ1) is 15.9. The van der Waals surface area contributed by atoms with Crippen LogP contribution in [0.15, 0.2) is 16.1 Å². The molecule has 0 atom stereocenters. The topological polar surface area (TPSA) is 140 Å². The Morgan fingerprint density at radius 3 is 2.76 bits per heavy atom. The lowest BCUT2D eigenvalue weighted by molar-refractivity contribution is -0.140. The van der Waals surface area contributed by atoms with Crippen LogP contribution in [0.1, 0.15) is 42.6 Å². The summed E-state index contributed by atoms with van der Waals surface area (Å²) >= 11 is 0. The average molecular weight is 460 g/mol. The van der Waals surface area contributed by atoms with Gasteiger partial charge in [-0.2, -0.15) is 9.61 Å². The van der Waals surface area contributed by atoms with Crippen molar-refractivity contribution in [3.05, 3.63) is 27.7 Å². The van der Waals surface area contributed by atoms with Crippen molar-refractivity contribution in [1.82, 2.24) is 24.4 Å². The molecular formula is C21H28N6O6. The lowest BCUT2D eigenvalue weighted by Gasteiger charge is -2.26. The van der Waals surface area contributed by atoms with Crippen molar-refractivity contribution in [2.24, 2.45) is 11.1 Å². The number of nitrogens with zero attached hydrogens (tertiary/aromatic N) is 5. The number of carbonyl (C=O) groups excluding carboxylic acids is 2. The molecule has 2 aliphatic rings. The smallest absolute Gasteiger partial charge is 0.291 e. The number of rotatable bonds is 8. The van der Waals surface area contributed by atoms with Crippen LogP contribution in [-0.4, -0.2) is 81.2 Å². The number of ether oxygens (including phenoxy) is 1. The van der Waals surface area contributed by atoms with Gasteiger partial charge in [-0.15, -0.1) is 0 Å². The fourth-order valence-corrected chi connectivity index (χ4v) is 3.61. The molecular weight excluding hydrogens is 432 g/mol. The molecule has 4 rings (SSSR count). The molecule has 2 aromatic rings. The first-order valence-electron chi connectivity index (χ1n) is 11.0. The van der Waals surface area contributed by atoms with Crippen LogP contribution in [0.3, 0.4) is 0 Å². The minimum Gasteiger partial charge on any atom is -0.494 e. The Hall–Kier alpha value is -3.41. The number of aromatic nitrogens is 3. The minimum absolute atomic E-state index is 0.0307. The highest BCUT2D eigenvalue weighted by Crippen LogP contribution is 2.23. The van der Waals surface area contributed by atoms with E-state index in [0.717, 1.165) is 17.4 Å². The van der Waals surface area contributed by atoms with Gasteiger partial charge in [0.25, 0.3) is 17.4 Å². The summed E-state index contributed by atoms with van der Waals surface area (Å²) in [5.41, 5.74) is -0.380. The molecule has 1 saturated carbocycles. The van der Waals surface area contributed by atoms with Crippen LogP contribution in [0.4, 0.5) is 0 Å². The number of aromatic hydroxyl groups is 1. The van der Waals surface area contributed by atoms with Gasteiger partial charge < -0.3 is 24.9 Å². The molecule has 12 nitrogen and oxygen atoms in total. The fraction of sp³-hybridized carbons (Fsp3) is 0.571. The van der Waals surface area contributed by atoms with Gasteiger partial charge in [-0.3, -0.25) is 19.0 Å². The van der Waals surface area contributed by atoms with Crippen molar-refractivity contribution in [2.45, 2.75) is 39.3 Å². The Bertz CT molecular complexity index is 1130. The van der Waals surface area contributed by atoms with Crippen molar-refractivity contribution < 1.29 is 24.3 Å². The Kier molecular flexibility index (Phi) is 6.63.